The number of carbonyl (C=O) groups excluding carboxylic acids is 1. The number of rotatable bonds is 8. The number of methoxy groups -OCH3 is 1. The van der Waals surface area contributed by atoms with E-state index in [9.17, 15) is 22.4 Å². The minimum atomic E-state index is -4.00. The number of aromatic nitrogens is 1. The quantitative estimate of drug-likeness (QED) is 0.671. The standard InChI is InChI=1S/C17H20FN3O5S/c1-12-8-14(26-2)10-17(23)21(12)7-6-19-16(22)11-20-27(24,25)15-5-3-4-13(18)9-15/h3-5,8-10,20H,6-7,11H2,1-2H3,(H,19,22). The monoisotopic (exact) mass is 397 g/mol. The first-order valence-corrected chi connectivity index (χ1v) is 9.48. The molecule has 1 aromatic carbocycles. The van der Waals surface area contributed by atoms with E-state index in [0.717, 1.165) is 12.1 Å². The average molecular weight is 397 g/mol. The van der Waals surface area contributed by atoms with E-state index in [1.165, 1.54) is 29.9 Å². The van der Waals surface area contributed by atoms with Crippen LogP contribution in [0, 0.1) is 12.7 Å². The van der Waals surface area contributed by atoms with Gasteiger partial charge in [0.25, 0.3) is 5.56 Å². The van der Waals surface area contributed by atoms with E-state index < -0.39 is 28.3 Å². The molecule has 1 heterocycles. The van der Waals surface area contributed by atoms with Gasteiger partial charge in [-0.1, -0.05) is 6.07 Å². The van der Waals surface area contributed by atoms with Crippen LogP contribution in [0.2, 0.25) is 0 Å². The molecule has 0 unspecified atom stereocenters. The van der Waals surface area contributed by atoms with E-state index in [0.29, 0.717) is 11.4 Å². The predicted molar refractivity (Wildman–Crippen MR) is 96.6 cm³/mol. The van der Waals surface area contributed by atoms with Gasteiger partial charge in [-0.05, 0) is 31.2 Å². The van der Waals surface area contributed by atoms with Crippen molar-refractivity contribution >= 4 is 15.9 Å². The fraction of sp³-hybridized carbons (Fsp3) is 0.294. The fourth-order valence-electron chi connectivity index (χ4n) is 2.35. The maximum absolute atomic E-state index is 13.1. The molecule has 0 aliphatic heterocycles. The zero-order valence-corrected chi connectivity index (χ0v) is 15.7. The topological polar surface area (TPSA) is 106 Å². The van der Waals surface area contributed by atoms with Gasteiger partial charge in [-0.2, -0.15) is 0 Å². The molecular weight excluding hydrogens is 377 g/mol. The Kier molecular flexibility index (Phi) is 6.70. The summed E-state index contributed by atoms with van der Waals surface area (Å²) in [4.78, 5) is 23.5. The van der Waals surface area contributed by atoms with Gasteiger partial charge in [0, 0.05) is 24.8 Å². The highest BCUT2D eigenvalue weighted by molar-refractivity contribution is 7.89. The molecule has 1 aromatic heterocycles. The minimum Gasteiger partial charge on any atom is -0.496 e. The van der Waals surface area contributed by atoms with Crippen LogP contribution >= 0.6 is 0 Å². The van der Waals surface area contributed by atoms with Crippen molar-refractivity contribution in [1.29, 1.82) is 0 Å². The van der Waals surface area contributed by atoms with Crippen LogP contribution in [0.15, 0.2) is 46.1 Å². The highest BCUT2D eigenvalue weighted by Crippen LogP contribution is 2.10. The maximum atomic E-state index is 13.1. The van der Waals surface area contributed by atoms with Crippen molar-refractivity contribution in [3.05, 3.63) is 58.3 Å². The van der Waals surface area contributed by atoms with Gasteiger partial charge >= 0.3 is 0 Å². The summed E-state index contributed by atoms with van der Waals surface area (Å²) in [7, 11) is -2.53. The summed E-state index contributed by atoms with van der Waals surface area (Å²) in [5, 5.41) is 2.52. The lowest BCUT2D eigenvalue weighted by Crippen LogP contribution is -2.39. The first kappa shape index (κ1) is 20.6. The normalized spacial score (nSPS) is 11.2. The second-order valence-electron chi connectivity index (χ2n) is 5.66. The third-order valence-electron chi connectivity index (χ3n) is 3.73. The maximum Gasteiger partial charge on any atom is 0.254 e. The molecule has 0 aliphatic rings. The third-order valence-corrected chi connectivity index (χ3v) is 5.13. The van der Waals surface area contributed by atoms with E-state index in [4.69, 9.17) is 4.74 Å². The summed E-state index contributed by atoms with van der Waals surface area (Å²) in [6, 6.07) is 7.49. The molecule has 2 rings (SSSR count). The summed E-state index contributed by atoms with van der Waals surface area (Å²) in [6.07, 6.45) is 0. The van der Waals surface area contributed by atoms with Gasteiger partial charge in [-0.15, -0.1) is 0 Å². The molecule has 0 aliphatic carbocycles. The van der Waals surface area contributed by atoms with Crippen molar-refractivity contribution in [2.75, 3.05) is 20.2 Å². The Hall–Kier alpha value is -2.72. The Bertz CT molecular complexity index is 988. The summed E-state index contributed by atoms with van der Waals surface area (Å²) in [5.74, 6) is -0.818. The van der Waals surface area contributed by atoms with Crippen molar-refractivity contribution in [3.63, 3.8) is 0 Å². The molecular formula is C17H20FN3O5S. The zero-order valence-electron chi connectivity index (χ0n) is 14.9. The van der Waals surface area contributed by atoms with E-state index in [2.05, 4.69) is 10.0 Å². The van der Waals surface area contributed by atoms with Crippen LogP contribution in [0.25, 0.3) is 0 Å². The lowest BCUT2D eigenvalue weighted by Gasteiger charge is -2.12. The number of benzene rings is 1. The molecule has 27 heavy (non-hydrogen) atoms. The van der Waals surface area contributed by atoms with Crippen LogP contribution in [-0.4, -0.2) is 39.1 Å². The molecule has 0 atom stereocenters. The molecule has 0 fully saturated rings. The van der Waals surface area contributed by atoms with Crippen molar-refractivity contribution < 1.29 is 22.3 Å². The van der Waals surface area contributed by atoms with Gasteiger partial charge < -0.3 is 14.6 Å². The molecule has 0 bridgehead atoms. The molecule has 0 radical (unpaired) electrons. The number of pyridine rings is 1. The van der Waals surface area contributed by atoms with E-state index in [1.807, 2.05) is 0 Å². The largest absolute Gasteiger partial charge is 0.496 e. The molecule has 8 nitrogen and oxygen atoms in total. The first-order chi connectivity index (χ1) is 12.7. The average Bonchev–Trinajstić information content (AvgIpc) is 2.62. The number of halogens is 1. The van der Waals surface area contributed by atoms with Gasteiger partial charge in [0.15, 0.2) is 0 Å². The number of aryl methyl sites for hydroxylation is 1. The Morgan fingerprint density at radius 2 is 2.00 bits per heavy atom. The molecule has 0 saturated carbocycles. The number of carbonyl (C=O) groups is 1. The van der Waals surface area contributed by atoms with Crippen LogP contribution in [0.3, 0.4) is 0 Å². The summed E-state index contributed by atoms with van der Waals surface area (Å²) in [5.41, 5.74) is 0.397. The van der Waals surface area contributed by atoms with Crippen LogP contribution in [0.1, 0.15) is 5.69 Å². The van der Waals surface area contributed by atoms with Crippen molar-refractivity contribution in [1.82, 2.24) is 14.6 Å². The second-order valence-corrected chi connectivity index (χ2v) is 7.43. The smallest absolute Gasteiger partial charge is 0.254 e. The SMILES string of the molecule is COc1cc(C)n(CCNC(=O)CNS(=O)(=O)c2cccc(F)c2)c(=O)c1. The first-order valence-electron chi connectivity index (χ1n) is 8.00. The summed E-state index contributed by atoms with van der Waals surface area (Å²) >= 11 is 0. The Morgan fingerprint density at radius 3 is 2.63 bits per heavy atom. The highest BCUT2D eigenvalue weighted by Gasteiger charge is 2.16. The van der Waals surface area contributed by atoms with Crippen molar-refractivity contribution in [2.24, 2.45) is 0 Å². The molecule has 2 aromatic rings. The number of sulfonamides is 1. The molecule has 146 valence electrons. The Morgan fingerprint density at radius 1 is 1.26 bits per heavy atom. The van der Waals surface area contributed by atoms with Gasteiger partial charge in [0.2, 0.25) is 15.9 Å². The van der Waals surface area contributed by atoms with Crippen molar-refractivity contribution in [3.8, 4) is 5.75 Å². The van der Waals surface area contributed by atoms with Gasteiger partial charge in [-0.25, -0.2) is 17.5 Å². The van der Waals surface area contributed by atoms with E-state index in [1.54, 1.807) is 13.0 Å². The van der Waals surface area contributed by atoms with Gasteiger partial charge in [0.05, 0.1) is 18.6 Å². The number of amides is 1. The predicted octanol–water partition coefficient (Wildman–Crippen LogP) is 0.399. The van der Waals surface area contributed by atoms with E-state index in [-0.39, 0.29) is 23.5 Å². The van der Waals surface area contributed by atoms with Crippen LogP contribution in [0.4, 0.5) is 4.39 Å². The number of nitrogens with zero attached hydrogens (tertiary/aromatic N) is 1. The lowest BCUT2D eigenvalue weighted by atomic mass is 10.3. The summed E-state index contributed by atoms with van der Waals surface area (Å²) < 4.78 is 45.7. The van der Waals surface area contributed by atoms with Crippen LogP contribution in [0.5, 0.6) is 5.75 Å². The van der Waals surface area contributed by atoms with Crippen LogP contribution < -0.4 is 20.3 Å². The molecule has 2 N–H and O–H groups in total. The second kappa shape index (κ2) is 8.78. The third kappa shape index (κ3) is 5.63. The Balaban J connectivity index is 1.88. The highest BCUT2D eigenvalue weighted by atomic mass is 32.2. The van der Waals surface area contributed by atoms with Crippen molar-refractivity contribution in [2.45, 2.75) is 18.4 Å². The van der Waals surface area contributed by atoms with Crippen LogP contribution in [-0.2, 0) is 21.4 Å². The summed E-state index contributed by atoms with van der Waals surface area (Å²) in [6.45, 7) is 1.58. The number of ether oxygens (including phenoxy) is 1. The van der Waals surface area contributed by atoms with E-state index >= 15 is 0 Å². The Labute approximate surface area is 156 Å². The van der Waals surface area contributed by atoms with Gasteiger partial charge in [0.1, 0.15) is 11.6 Å². The fourth-order valence-corrected chi connectivity index (χ4v) is 3.36. The lowest BCUT2D eigenvalue weighted by molar-refractivity contribution is -0.120. The number of hydrogen-bond acceptors (Lipinski definition) is 5. The molecule has 0 spiro atoms. The number of nitrogens with one attached hydrogen (secondary N) is 2. The molecule has 0 saturated heterocycles. The molecule has 1 amide bonds. The molecule has 10 heteroatoms. The zero-order chi connectivity index (χ0) is 20.0. The van der Waals surface area contributed by atoms with Gasteiger partial charge in [-0.3, -0.25) is 9.59 Å². The minimum absolute atomic E-state index is 0.133. The number of hydrogen-bond donors (Lipinski definition) is 2.